The van der Waals surface area contributed by atoms with Gasteiger partial charge < -0.3 is 14.8 Å². The van der Waals surface area contributed by atoms with E-state index in [1.807, 2.05) is 11.5 Å². The number of carbonyl (C=O) groups is 2. The van der Waals surface area contributed by atoms with Crippen molar-refractivity contribution in [3.8, 4) is 0 Å². The molecule has 0 radical (unpaired) electrons. The van der Waals surface area contributed by atoms with E-state index in [4.69, 9.17) is 16.7 Å². The number of aromatic carboxylic acids is 2. The van der Waals surface area contributed by atoms with E-state index in [2.05, 4.69) is 0 Å². The summed E-state index contributed by atoms with van der Waals surface area (Å²) in [7, 11) is 0. The Bertz CT molecular complexity index is 942. The van der Waals surface area contributed by atoms with Gasteiger partial charge in [-0.25, -0.2) is 9.59 Å². The molecule has 0 aliphatic rings. The Morgan fingerprint density at radius 1 is 1.05 bits per heavy atom. The van der Waals surface area contributed by atoms with E-state index in [9.17, 15) is 14.7 Å². The Morgan fingerprint density at radius 3 is 2.27 bits per heavy atom. The fourth-order valence-electron chi connectivity index (χ4n) is 2.77. The van der Waals surface area contributed by atoms with Gasteiger partial charge in [0.1, 0.15) is 0 Å². The van der Waals surface area contributed by atoms with Crippen LogP contribution < -0.4 is 0 Å². The summed E-state index contributed by atoms with van der Waals surface area (Å²) in [6.45, 7) is 2.59. The fourth-order valence-corrected chi connectivity index (χ4v) is 3.09. The number of hydrogen-bond donors (Lipinski definition) is 2. The van der Waals surface area contributed by atoms with Crippen molar-refractivity contribution in [3.63, 3.8) is 0 Å². The molecule has 0 unspecified atom stereocenters. The lowest BCUT2D eigenvalue weighted by Crippen LogP contribution is -1.98. The third-order valence-electron chi connectivity index (χ3n) is 3.72. The molecule has 22 heavy (non-hydrogen) atoms. The van der Waals surface area contributed by atoms with Gasteiger partial charge in [0.05, 0.1) is 21.7 Å². The lowest BCUT2D eigenvalue weighted by atomic mass is 10.1. The summed E-state index contributed by atoms with van der Waals surface area (Å²) in [5.41, 5.74) is 1.77. The maximum Gasteiger partial charge on any atom is 0.335 e. The van der Waals surface area contributed by atoms with Crippen LogP contribution in [0.25, 0.3) is 21.8 Å². The SMILES string of the molecule is CCn1c2ccc(C(=O)O)cc2c2cc(C(=O)O)cc(Cl)c21. The van der Waals surface area contributed by atoms with Crippen molar-refractivity contribution in [1.82, 2.24) is 4.57 Å². The zero-order valence-corrected chi connectivity index (χ0v) is 12.4. The first-order valence-electron chi connectivity index (χ1n) is 6.66. The van der Waals surface area contributed by atoms with Gasteiger partial charge in [-0.3, -0.25) is 0 Å². The molecular formula is C16H12ClNO4. The maximum absolute atomic E-state index is 11.2. The molecule has 1 aromatic heterocycles. The van der Waals surface area contributed by atoms with Gasteiger partial charge in [0, 0.05) is 22.8 Å². The minimum Gasteiger partial charge on any atom is -0.478 e. The number of aryl methyl sites for hydroxylation is 1. The number of rotatable bonds is 3. The predicted octanol–water partition coefficient (Wildman–Crippen LogP) is 3.86. The summed E-state index contributed by atoms with van der Waals surface area (Å²) >= 11 is 6.26. The molecule has 0 amide bonds. The monoisotopic (exact) mass is 317 g/mol. The molecule has 2 N–H and O–H groups in total. The maximum atomic E-state index is 11.2. The second kappa shape index (κ2) is 5.03. The Kier molecular flexibility index (Phi) is 3.30. The normalized spacial score (nSPS) is 11.2. The smallest absolute Gasteiger partial charge is 0.335 e. The van der Waals surface area contributed by atoms with Crippen LogP contribution in [0.4, 0.5) is 0 Å². The molecule has 0 bridgehead atoms. The van der Waals surface area contributed by atoms with Crippen molar-refractivity contribution in [1.29, 1.82) is 0 Å². The van der Waals surface area contributed by atoms with E-state index in [1.165, 1.54) is 18.2 Å². The van der Waals surface area contributed by atoms with Crippen LogP contribution in [-0.4, -0.2) is 26.7 Å². The number of hydrogen-bond acceptors (Lipinski definition) is 2. The van der Waals surface area contributed by atoms with Gasteiger partial charge in [-0.15, -0.1) is 0 Å². The molecule has 5 nitrogen and oxygen atoms in total. The molecule has 6 heteroatoms. The Morgan fingerprint density at radius 2 is 1.68 bits per heavy atom. The zero-order chi connectivity index (χ0) is 16.0. The molecule has 2 aromatic carbocycles. The molecule has 3 rings (SSSR count). The third-order valence-corrected chi connectivity index (χ3v) is 4.01. The van der Waals surface area contributed by atoms with Crippen LogP contribution in [0.1, 0.15) is 27.6 Å². The minimum atomic E-state index is -1.07. The molecule has 0 saturated heterocycles. The highest BCUT2D eigenvalue weighted by Crippen LogP contribution is 2.35. The Hall–Kier alpha value is -2.53. The molecule has 0 spiro atoms. The molecule has 0 atom stereocenters. The van der Waals surface area contributed by atoms with Crippen molar-refractivity contribution in [3.05, 3.63) is 46.5 Å². The first-order chi connectivity index (χ1) is 10.4. The molecule has 0 aliphatic carbocycles. The largest absolute Gasteiger partial charge is 0.478 e. The highest BCUT2D eigenvalue weighted by Gasteiger charge is 2.17. The van der Waals surface area contributed by atoms with Crippen LogP contribution in [0.3, 0.4) is 0 Å². The summed E-state index contributed by atoms with van der Waals surface area (Å²) in [6.07, 6.45) is 0. The van der Waals surface area contributed by atoms with Crippen LogP contribution in [-0.2, 0) is 6.54 Å². The molecule has 0 saturated carbocycles. The van der Waals surface area contributed by atoms with Gasteiger partial charge in [-0.05, 0) is 37.3 Å². The van der Waals surface area contributed by atoms with Gasteiger partial charge in [0.25, 0.3) is 0 Å². The molecule has 0 aliphatic heterocycles. The van der Waals surface area contributed by atoms with Gasteiger partial charge in [0.2, 0.25) is 0 Å². The van der Waals surface area contributed by atoms with Crippen molar-refractivity contribution >= 4 is 45.3 Å². The number of fused-ring (bicyclic) bond motifs is 3. The molecule has 0 fully saturated rings. The first kappa shape index (κ1) is 14.4. The Balaban J connectivity index is 2.51. The van der Waals surface area contributed by atoms with Crippen LogP contribution in [0.15, 0.2) is 30.3 Å². The summed E-state index contributed by atoms with van der Waals surface area (Å²) in [5, 5.41) is 20.0. The quantitative estimate of drug-likeness (QED) is 0.768. The summed E-state index contributed by atoms with van der Waals surface area (Å²) < 4.78 is 1.95. The standard InChI is InChI=1S/C16H12ClNO4/c1-2-18-13-4-3-8(15(19)20)5-10(13)11-6-9(16(21)22)7-12(17)14(11)18/h3-7H,2H2,1H3,(H,19,20)(H,21,22). The molecular weight excluding hydrogens is 306 g/mol. The van der Waals surface area contributed by atoms with E-state index in [-0.39, 0.29) is 11.1 Å². The zero-order valence-electron chi connectivity index (χ0n) is 11.6. The highest BCUT2D eigenvalue weighted by molar-refractivity contribution is 6.37. The van der Waals surface area contributed by atoms with Gasteiger partial charge in [-0.1, -0.05) is 11.6 Å². The van der Waals surface area contributed by atoms with Crippen LogP contribution in [0.2, 0.25) is 5.02 Å². The average molecular weight is 318 g/mol. The third kappa shape index (κ3) is 2.02. The average Bonchev–Trinajstić information content (AvgIpc) is 2.80. The highest BCUT2D eigenvalue weighted by atomic mass is 35.5. The number of benzene rings is 2. The van der Waals surface area contributed by atoms with E-state index in [0.717, 1.165) is 5.52 Å². The summed E-state index contributed by atoms with van der Waals surface area (Å²) in [4.78, 5) is 22.4. The lowest BCUT2D eigenvalue weighted by molar-refractivity contribution is 0.0686. The van der Waals surface area contributed by atoms with E-state index in [0.29, 0.717) is 27.9 Å². The number of nitrogens with zero attached hydrogens (tertiary/aromatic N) is 1. The fraction of sp³-hybridized carbons (Fsp3) is 0.125. The predicted molar refractivity (Wildman–Crippen MR) is 84.0 cm³/mol. The lowest BCUT2D eigenvalue weighted by Gasteiger charge is -2.05. The molecule has 1 heterocycles. The van der Waals surface area contributed by atoms with Gasteiger partial charge in [-0.2, -0.15) is 0 Å². The van der Waals surface area contributed by atoms with Crippen LogP contribution >= 0.6 is 11.6 Å². The van der Waals surface area contributed by atoms with Gasteiger partial charge in [0.15, 0.2) is 0 Å². The minimum absolute atomic E-state index is 0.0772. The topological polar surface area (TPSA) is 79.5 Å². The van der Waals surface area contributed by atoms with Crippen LogP contribution in [0.5, 0.6) is 0 Å². The second-order valence-electron chi connectivity index (χ2n) is 4.94. The molecule has 112 valence electrons. The van der Waals surface area contributed by atoms with Crippen molar-refractivity contribution in [2.45, 2.75) is 13.5 Å². The molecule has 3 aromatic rings. The number of halogens is 1. The first-order valence-corrected chi connectivity index (χ1v) is 7.04. The number of aromatic nitrogens is 1. The summed E-state index contributed by atoms with van der Waals surface area (Å²) in [5.74, 6) is -2.10. The number of carboxylic acid groups (broad SMARTS) is 2. The summed E-state index contributed by atoms with van der Waals surface area (Å²) in [6, 6.07) is 7.74. The Labute approximate surface area is 130 Å². The van der Waals surface area contributed by atoms with Crippen molar-refractivity contribution < 1.29 is 19.8 Å². The second-order valence-corrected chi connectivity index (χ2v) is 5.35. The van der Waals surface area contributed by atoms with E-state index < -0.39 is 11.9 Å². The van der Waals surface area contributed by atoms with Crippen molar-refractivity contribution in [2.24, 2.45) is 0 Å². The van der Waals surface area contributed by atoms with Crippen molar-refractivity contribution in [2.75, 3.05) is 0 Å². The van der Waals surface area contributed by atoms with Gasteiger partial charge >= 0.3 is 11.9 Å². The van der Waals surface area contributed by atoms with Crippen LogP contribution in [0, 0.1) is 0 Å². The number of carboxylic acids is 2. The van der Waals surface area contributed by atoms with E-state index in [1.54, 1.807) is 12.1 Å². The van der Waals surface area contributed by atoms with E-state index >= 15 is 0 Å².